The summed E-state index contributed by atoms with van der Waals surface area (Å²) in [6.45, 7) is 2.45. The average Bonchev–Trinajstić information content (AvgIpc) is 2.50. The van der Waals surface area contributed by atoms with Crippen LogP contribution in [-0.4, -0.2) is 20.7 Å². The van der Waals surface area contributed by atoms with Crippen LogP contribution in [0.5, 0.6) is 0 Å². The molecule has 0 atom stereocenters. The molecule has 1 aromatic carbocycles. The van der Waals surface area contributed by atoms with Gasteiger partial charge in [-0.15, -0.1) is 0 Å². The lowest BCUT2D eigenvalue weighted by molar-refractivity contribution is 0.599. The molecule has 1 aromatic rings. The van der Waals surface area contributed by atoms with Gasteiger partial charge in [-0.1, -0.05) is 0 Å². The average molecular weight is 226 g/mol. The predicted molar refractivity (Wildman–Crippen MR) is 61.3 cm³/mol. The molecule has 0 amide bonds. The van der Waals surface area contributed by atoms with Crippen molar-refractivity contribution in [2.24, 2.45) is 0 Å². The second kappa shape index (κ2) is 3.41. The van der Waals surface area contributed by atoms with Crippen LogP contribution in [0, 0.1) is 6.92 Å². The van der Waals surface area contributed by atoms with Gasteiger partial charge in [0.15, 0.2) is 0 Å². The Morgan fingerprint density at radius 2 is 2.13 bits per heavy atom. The normalized spacial score (nSPS) is 19.4. The van der Waals surface area contributed by atoms with Crippen LogP contribution in [0.15, 0.2) is 18.2 Å². The van der Waals surface area contributed by atoms with Gasteiger partial charge < -0.3 is 5.73 Å². The lowest BCUT2D eigenvalue weighted by Gasteiger charge is -2.17. The van der Waals surface area contributed by atoms with Crippen molar-refractivity contribution in [1.29, 1.82) is 0 Å². The lowest BCUT2D eigenvalue weighted by atomic mass is 10.2. The molecule has 1 fully saturated rings. The van der Waals surface area contributed by atoms with Crippen molar-refractivity contribution in [2.75, 3.05) is 22.3 Å². The molecular weight excluding hydrogens is 212 g/mol. The Morgan fingerprint density at radius 1 is 1.40 bits per heavy atom. The third-order valence-corrected chi connectivity index (χ3v) is 4.51. The molecule has 1 aliphatic rings. The maximum absolute atomic E-state index is 11.7. The molecule has 5 heteroatoms. The number of nitrogens with zero attached hydrogens (tertiary/aromatic N) is 1. The van der Waals surface area contributed by atoms with Gasteiger partial charge in [-0.05, 0) is 37.1 Å². The summed E-state index contributed by atoms with van der Waals surface area (Å²) in [4.78, 5) is 0. The van der Waals surface area contributed by atoms with Gasteiger partial charge in [-0.3, -0.25) is 4.31 Å². The van der Waals surface area contributed by atoms with Crippen LogP contribution in [0.2, 0.25) is 0 Å². The molecule has 82 valence electrons. The minimum Gasteiger partial charge on any atom is -0.399 e. The second-order valence-corrected chi connectivity index (χ2v) is 5.80. The number of sulfonamides is 1. The molecule has 0 radical (unpaired) electrons. The highest BCUT2D eigenvalue weighted by Crippen LogP contribution is 2.26. The minimum atomic E-state index is -3.08. The fourth-order valence-electron chi connectivity index (χ4n) is 1.74. The molecule has 2 N–H and O–H groups in total. The second-order valence-electron chi connectivity index (χ2n) is 3.78. The number of nitrogens with two attached hydrogens (primary N) is 1. The van der Waals surface area contributed by atoms with Gasteiger partial charge >= 0.3 is 0 Å². The highest BCUT2D eigenvalue weighted by molar-refractivity contribution is 7.93. The van der Waals surface area contributed by atoms with E-state index in [1.165, 1.54) is 4.31 Å². The Morgan fingerprint density at radius 3 is 2.67 bits per heavy atom. The number of rotatable bonds is 1. The Labute approximate surface area is 89.7 Å². The van der Waals surface area contributed by atoms with Crippen molar-refractivity contribution in [1.82, 2.24) is 0 Å². The lowest BCUT2D eigenvalue weighted by Crippen LogP contribution is -2.25. The number of aryl methyl sites for hydroxylation is 1. The fraction of sp³-hybridized carbons (Fsp3) is 0.400. The summed E-state index contributed by atoms with van der Waals surface area (Å²) in [5.74, 6) is 0.246. The number of hydrogen-bond donors (Lipinski definition) is 1. The van der Waals surface area contributed by atoms with Gasteiger partial charge in [0.2, 0.25) is 10.0 Å². The van der Waals surface area contributed by atoms with Crippen molar-refractivity contribution in [3.8, 4) is 0 Å². The van der Waals surface area contributed by atoms with E-state index in [1.54, 1.807) is 12.1 Å². The standard InChI is InChI=1S/C10H14N2O2S/c1-8-7-9(3-4-10(8)11)12-5-2-6-15(12,13)14/h3-4,7H,2,5-6,11H2,1H3. The fourth-order valence-corrected chi connectivity index (χ4v) is 3.30. The summed E-state index contributed by atoms with van der Waals surface area (Å²) in [6, 6.07) is 5.32. The van der Waals surface area contributed by atoms with Crippen LogP contribution in [-0.2, 0) is 10.0 Å². The predicted octanol–water partition coefficient (Wildman–Crippen LogP) is 1.12. The van der Waals surface area contributed by atoms with E-state index in [2.05, 4.69) is 0 Å². The van der Waals surface area contributed by atoms with Crippen molar-refractivity contribution in [3.63, 3.8) is 0 Å². The maximum atomic E-state index is 11.7. The van der Waals surface area contributed by atoms with Crippen molar-refractivity contribution < 1.29 is 8.42 Å². The molecule has 0 spiro atoms. The van der Waals surface area contributed by atoms with Crippen molar-refractivity contribution >= 4 is 21.4 Å². The number of benzene rings is 1. The van der Waals surface area contributed by atoms with Crippen LogP contribution in [0.4, 0.5) is 11.4 Å². The van der Waals surface area contributed by atoms with E-state index >= 15 is 0 Å². The zero-order valence-electron chi connectivity index (χ0n) is 8.60. The van der Waals surface area contributed by atoms with Gasteiger partial charge in [0, 0.05) is 12.2 Å². The summed E-state index contributed by atoms with van der Waals surface area (Å²) in [7, 11) is -3.08. The molecule has 2 rings (SSSR count). The maximum Gasteiger partial charge on any atom is 0.235 e. The topological polar surface area (TPSA) is 63.4 Å². The van der Waals surface area contributed by atoms with Gasteiger partial charge in [-0.2, -0.15) is 0 Å². The molecule has 0 saturated carbocycles. The van der Waals surface area contributed by atoms with Crippen molar-refractivity contribution in [3.05, 3.63) is 23.8 Å². The van der Waals surface area contributed by atoms with Crippen molar-refractivity contribution in [2.45, 2.75) is 13.3 Å². The first-order valence-corrected chi connectivity index (χ1v) is 6.48. The Bertz CT molecular complexity index is 482. The molecule has 4 nitrogen and oxygen atoms in total. The van der Waals surface area contributed by atoms with E-state index in [9.17, 15) is 8.42 Å². The van der Waals surface area contributed by atoms with E-state index in [0.29, 0.717) is 18.7 Å². The molecule has 0 aliphatic carbocycles. The van der Waals surface area contributed by atoms with E-state index in [0.717, 1.165) is 11.3 Å². The summed E-state index contributed by atoms with van der Waals surface area (Å²) < 4.78 is 24.8. The van der Waals surface area contributed by atoms with E-state index in [1.807, 2.05) is 13.0 Å². The Kier molecular flexibility index (Phi) is 2.34. The summed E-state index contributed by atoms with van der Waals surface area (Å²) in [6.07, 6.45) is 0.700. The molecular formula is C10H14N2O2S. The first kappa shape index (κ1) is 10.3. The van der Waals surface area contributed by atoms with Gasteiger partial charge in [-0.25, -0.2) is 8.42 Å². The third-order valence-electron chi connectivity index (χ3n) is 2.64. The molecule has 1 heterocycles. The van der Waals surface area contributed by atoms with Crippen LogP contribution < -0.4 is 10.0 Å². The number of hydrogen-bond acceptors (Lipinski definition) is 3. The van der Waals surface area contributed by atoms with E-state index in [-0.39, 0.29) is 5.75 Å². The largest absolute Gasteiger partial charge is 0.399 e. The zero-order chi connectivity index (χ0) is 11.1. The molecule has 15 heavy (non-hydrogen) atoms. The van der Waals surface area contributed by atoms with E-state index in [4.69, 9.17) is 5.73 Å². The first-order valence-electron chi connectivity index (χ1n) is 4.87. The van der Waals surface area contributed by atoms with Gasteiger partial charge in [0.25, 0.3) is 0 Å². The van der Waals surface area contributed by atoms with Crippen LogP contribution in [0.3, 0.4) is 0 Å². The van der Waals surface area contributed by atoms with Crippen LogP contribution >= 0.6 is 0 Å². The van der Waals surface area contributed by atoms with Gasteiger partial charge in [0.05, 0.1) is 11.4 Å². The third kappa shape index (κ3) is 1.79. The highest BCUT2D eigenvalue weighted by Gasteiger charge is 2.28. The Hall–Kier alpha value is -1.23. The Balaban J connectivity index is 2.42. The van der Waals surface area contributed by atoms with Crippen LogP contribution in [0.25, 0.3) is 0 Å². The minimum absolute atomic E-state index is 0.246. The quantitative estimate of drug-likeness (QED) is 0.730. The summed E-state index contributed by atoms with van der Waals surface area (Å²) in [5.41, 5.74) is 8.01. The monoisotopic (exact) mass is 226 g/mol. The zero-order valence-corrected chi connectivity index (χ0v) is 9.42. The molecule has 1 saturated heterocycles. The smallest absolute Gasteiger partial charge is 0.235 e. The highest BCUT2D eigenvalue weighted by atomic mass is 32.2. The van der Waals surface area contributed by atoms with Gasteiger partial charge in [0.1, 0.15) is 0 Å². The molecule has 1 aliphatic heterocycles. The summed E-state index contributed by atoms with van der Waals surface area (Å²) >= 11 is 0. The number of nitrogen functional groups attached to an aromatic ring is 1. The van der Waals surface area contributed by atoms with Crippen LogP contribution in [0.1, 0.15) is 12.0 Å². The molecule has 0 unspecified atom stereocenters. The van der Waals surface area contributed by atoms with E-state index < -0.39 is 10.0 Å². The first-order chi connectivity index (χ1) is 7.00. The number of anilines is 2. The molecule has 0 bridgehead atoms. The summed E-state index contributed by atoms with van der Waals surface area (Å²) in [5, 5.41) is 0. The molecule has 0 aromatic heterocycles. The SMILES string of the molecule is Cc1cc(N2CCCS2(=O)=O)ccc1N.